The Morgan fingerprint density at radius 3 is 2.38 bits per heavy atom. The molecule has 0 aliphatic rings. The first-order chi connectivity index (χ1) is 7.65. The molecule has 1 heterocycles. The minimum absolute atomic E-state index is 0.0558. The Kier molecular flexibility index (Phi) is 3.07. The fourth-order valence-electron chi connectivity index (χ4n) is 1.47. The Hall–Kier alpha value is -1.20. The number of hydrogen-bond acceptors (Lipinski definition) is 5. The molecular formula is C11H10O3S2. The lowest BCUT2D eigenvalue weighted by atomic mass is 10.2. The summed E-state index contributed by atoms with van der Waals surface area (Å²) in [5, 5.41) is 0.625. The number of thiol groups is 1. The molecule has 0 aliphatic carbocycles. The first-order valence-electron chi connectivity index (χ1n) is 4.54. The SMILES string of the molecule is COc1cc2sc(S)cc(=O)c2cc1OC. The number of hydrogen-bond donors (Lipinski definition) is 1. The van der Waals surface area contributed by atoms with Gasteiger partial charge in [-0.1, -0.05) is 0 Å². The van der Waals surface area contributed by atoms with Crippen LogP contribution in [0.2, 0.25) is 0 Å². The maximum Gasteiger partial charge on any atom is 0.189 e. The molecule has 84 valence electrons. The van der Waals surface area contributed by atoms with Gasteiger partial charge in [0.1, 0.15) is 0 Å². The average molecular weight is 254 g/mol. The zero-order chi connectivity index (χ0) is 11.7. The summed E-state index contributed by atoms with van der Waals surface area (Å²) in [5.74, 6) is 1.18. The molecule has 0 N–H and O–H groups in total. The van der Waals surface area contributed by atoms with Crippen LogP contribution >= 0.6 is 24.0 Å². The molecule has 5 heteroatoms. The van der Waals surface area contributed by atoms with Crippen molar-refractivity contribution < 1.29 is 9.47 Å². The molecule has 16 heavy (non-hydrogen) atoms. The zero-order valence-corrected chi connectivity index (χ0v) is 10.5. The molecule has 0 spiro atoms. The van der Waals surface area contributed by atoms with Crippen LogP contribution in [0.25, 0.3) is 10.1 Å². The highest BCUT2D eigenvalue weighted by molar-refractivity contribution is 7.83. The van der Waals surface area contributed by atoms with Gasteiger partial charge in [0.2, 0.25) is 0 Å². The molecule has 0 fully saturated rings. The highest BCUT2D eigenvalue weighted by atomic mass is 32.2. The first kappa shape index (κ1) is 11.3. The second-order valence-electron chi connectivity index (χ2n) is 3.15. The van der Waals surface area contributed by atoms with Crippen LogP contribution in [0.4, 0.5) is 0 Å². The molecule has 3 nitrogen and oxygen atoms in total. The van der Waals surface area contributed by atoms with Crippen molar-refractivity contribution in [2.75, 3.05) is 14.2 Å². The van der Waals surface area contributed by atoms with E-state index in [1.807, 2.05) is 0 Å². The summed E-state index contributed by atoms with van der Waals surface area (Å²) in [7, 11) is 3.11. The van der Waals surface area contributed by atoms with Crippen LogP contribution in [0.15, 0.2) is 27.2 Å². The molecule has 0 saturated heterocycles. The van der Waals surface area contributed by atoms with Gasteiger partial charge in [0.15, 0.2) is 16.9 Å². The van der Waals surface area contributed by atoms with Crippen molar-refractivity contribution in [2.24, 2.45) is 0 Å². The molecular weight excluding hydrogens is 244 g/mol. The topological polar surface area (TPSA) is 35.5 Å². The standard InChI is InChI=1S/C11H10O3S2/c1-13-8-3-6-7(12)4-11(15)16-10(6)5-9(8)14-2/h3-5,15H,1-2H3. The summed E-state index contributed by atoms with van der Waals surface area (Å²) in [5.41, 5.74) is -0.0558. The molecule has 0 atom stereocenters. The van der Waals surface area contributed by atoms with Crippen LogP contribution < -0.4 is 14.9 Å². The van der Waals surface area contributed by atoms with Crippen molar-refractivity contribution in [1.29, 1.82) is 0 Å². The third-order valence-corrected chi connectivity index (χ3v) is 3.51. The highest BCUT2D eigenvalue weighted by Gasteiger charge is 2.09. The molecule has 0 unspecified atom stereocenters. The van der Waals surface area contributed by atoms with E-state index in [1.165, 1.54) is 17.4 Å². The van der Waals surface area contributed by atoms with Gasteiger partial charge >= 0.3 is 0 Å². The van der Waals surface area contributed by atoms with Crippen LogP contribution in [0.1, 0.15) is 0 Å². The van der Waals surface area contributed by atoms with Crippen LogP contribution in [0.5, 0.6) is 11.5 Å². The molecule has 0 radical (unpaired) electrons. The first-order valence-corrected chi connectivity index (χ1v) is 5.81. The number of fused-ring (bicyclic) bond motifs is 1. The largest absolute Gasteiger partial charge is 0.493 e. The van der Waals surface area contributed by atoms with Crippen molar-refractivity contribution in [1.82, 2.24) is 0 Å². The molecule has 1 aromatic carbocycles. The molecule has 1 aromatic heterocycles. The van der Waals surface area contributed by atoms with Crippen molar-refractivity contribution in [3.63, 3.8) is 0 Å². The lowest BCUT2D eigenvalue weighted by Crippen LogP contribution is -1.99. The molecule has 0 saturated carbocycles. The van der Waals surface area contributed by atoms with Crippen molar-refractivity contribution >= 4 is 34.1 Å². The third-order valence-electron chi connectivity index (χ3n) is 2.22. The van der Waals surface area contributed by atoms with Crippen LogP contribution in [-0.2, 0) is 0 Å². The summed E-state index contributed by atoms with van der Waals surface area (Å²) in [6.07, 6.45) is 0. The van der Waals surface area contributed by atoms with E-state index in [1.54, 1.807) is 26.4 Å². The van der Waals surface area contributed by atoms with E-state index in [2.05, 4.69) is 12.6 Å². The van der Waals surface area contributed by atoms with Gasteiger partial charge in [0, 0.05) is 22.2 Å². The monoisotopic (exact) mass is 254 g/mol. The van der Waals surface area contributed by atoms with Gasteiger partial charge in [-0.15, -0.1) is 24.0 Å². The predicted molar refractivity (Wildman–Crippen MR) is 68.5 cm³/mol. The minimum Gasteiger partial charge on any atom is -0.493 e. The van der Waals surface area contributed by atoms with Crippen LogP contribution in [-0.4, -0.2) is 14.2 Å². The van der Waals surface area contributed by atoms with E-state index in [4.69, 9.17) is 9.47 Å². The van der Waals surface area contributed by atoms with Gasteiger partial charge in [-0.2, -0.15) is 0 Å². The predicted octanol–water partition coefficient (Wildman–Crippen LogP) is 2.57. The number of rotatable bonds is 2. The summed E-state index contributed by atoms with van der Waals surface area (Å²) in [6, 6.07) is 4.99. The van der Waals surface area contributed by atoms with Crippen molar-refractivity contribution in [3.8, 4) is 11.5 Å². The van der Waals surface area contributed by atoms with E-state index < -0.39 is 0 Å². The fourth-order valence-corrected chi connectivity index (χ4v) is 2.71. The minimum atomic E-state index is -0.0558. The average Bonchev–Trinajstić information content (AvgIpc) is 2.27. The third kappa shape index (κ3) is 1.88. The maximum atomic E-state index is 11.7. The smallest absolute Gasteiger partial charge is 0.189 e. The molecule has 0 bridgehead atoms. The number of ether oxygens (including phenoxy) is 2. The van der Waals surface area contributed by atoms with E-state index >= 15 is 0 Å². The van der Waals surface area contributed by atoms with Crippen molar-refractivity contribution in [2.45, 2.75) is 4.21 Å². The summed E-state index contributed by atoms with van der Waals surface area (Å²) in [4.78, 5) is 11.7. The Balaban J connectivity index is 2.83. The highest BCUT2D eigenvalue weighted by Crippen LogP contribution is 2.33. The number of methoxy groups -OCH3 is 2. The van der Waals surface area contributed by atoms with Crippen molar-refractivity contribution in [3.05, 3.63) is 28.4 Å². The Morgan fingerprint density at radius 2 is 1.75 bits per heavy atom. The van der Waals surface area contributed by atoms with Gasteiger partial charge in [-0.05, 0) is 6.07 Å². The van der Waals surface area contributed by atoms with Crippen LogP contribution in [0, 0.1) is 0 Å². The fraction of sp³-hybridized carbons (Fsp3) is 0.182. The Morgan fingerprint density at radius 1 is 1.12 bits per heavy atom. The molecule has 0 amide bonds. The summed E-state index contributed by atoms with van der Waals surface area (Å²) in [6.45, 7) is 0. The Bertz CT molecular complexity index is 590. The maximum absolute atomic E-state index is 11.7. The lowest BCUT2D eigenvalue weighted by Gasteiger charge is -2.08. The lowest BCUT2D eigenvalue weighted by molar-refractivity contribution is 0.356. The molecule has 0 aliphatic heterocycles. The summed E-state index contributed by atoms with van der Waals surface area (Å²) >= 11 is 5.62. The Labute approximate surface area is 102 Å². The second-order valence-corrected chi connectivity index (χ2v) is 5.02. The quantitative estimate of drug-likeness (QED) is 0.837. The van der Waals surface area contributed by atoms with Crippen LogP contribution in [0.3, 0.4) is 0 Å². The van der Waals surface area contributed by atoms with Gasteiger partial charge in [0.25, 0.3) is 0 Å². The van der Waals surface area contributed by atoms with E-state index in [0.29, 0.717) is 21.1 Å². The summed E-state index contributed by atoms with van der Waals surface area (Å²) < 4.78 is 11.9. The van der Waals surface area contributed by atoms with E-state index in [0.717, 1.165) is 4.70 Å². The second kappa shape index (κ2) is 4.35. The van der Waals surface area contributed by atoms with Gasteiger partial charge < -0.3 is 9.47 Å². The normalized spacial score (nSPS) is 10.4. The van der Waals surface area contributed by atoms with E-state index in [-0.39, 0.29) is 5.43 Å². The van der Waals surface area contributed by atoms with Gasteiger partial charge in [-0.25, -0.2) is 0 Å². The van der Waals surface area contributed by atoms with Gasteiger partial charge in [-0.3, -0.25) is 4.79 Å². The van der Waals surface area contributed by atoms with E-state index in [9.17, 15) is 4.79 Å². The molecule has 2 rings (SSSR count). The number of benzene rings is 1. The van der Waals surface area contributed by atoms with Gasteiger partial charge in [0.05, 0.1) is 18.4 Å². The zero-order valence-electron chi connectivity index (χ0n) is 8.81. The molecule has 2 aromatic rings.